The van der Waals surface area contributed by atoms with Crippen molar-refractivity contribution < 1.29 is 9.47 Å². The Bertz CT molecular complexity index is 344. The van der Waals surface area contributed by atoms with E-state index in [9.17, 15) is 0 Å². The Kier molecular flexibility index (Phi) is 6.34. The van der Waals surface area contributed by atoms with Crippen LogP contribution in [0.5, 0.6) is 5.75 Å². The molecule has 0 radical (unpaired) electrons. The summed E-state index contributed by atoms with van der Waals surface area (Å²) in [7, 11) is 0. The molecule has 1 rings (SSSR count). The average molecular weight is 258 g/mol. The zero-order chi connectivity index (χ0) is 12.7. The van der Waals surface area contributed by atoms with E-state index in [2.05, 4.69) is 19.2 Å². The lowest BCUT2D eigenvalue weighted by Crippen LogP contribution is -2.19. The van der Waals surface area contributed by atoms with Gasteiger partial charge in [-0.05, 0) is 38.6 Å². The van der Waals surface area contributed by atoms with Gasteiger partial charge in [0.2, 0.25) is 0 Å². The fourth-order valence-corrected chi connectivity index (χ4v) is 1.77. The third-order valence-corrected chi connectivity index (χ3v) is 2.69. The highest BCUT2D eigenvalue weighted by atomic mass is 35.5. The second-order valence-electron chi connectivity index (χ2n) is 3.72. The molecule has 0 aliphatic rings. The molecule has 4 heteroatoms. The van der Waals surface area contributed by atoms with Crippen molar-refractivity contribution >= 4 is 11.6 Å². The van der Waals surface area contributed by atoms with Gasteiger partial charge in [-0.15, -0.1) is 0 Å². The molecule has 0 saturated heterocycles. The van der Waals surface area contributed by atoms with Crippen molar-refractivity contribution in [3.63, 3.8) is 0 Å². The summed E-state index contributed by atoms with van der Waals surface area (Å²) < 4.78 is 10.8. The van der Waals surface area contributed by atoms with Crippen LogP contribution < -0.4 is 10.1 Å². The first-order valence-corrected chi connectivity index (χ1v) is 6.30. The highest BCUT2D eigenvalue weighted by Crippen LogP contribution is 2.28. The second kappa shape index (κ2) is 7.54. The van der Waals surface area contributed by atoms with E-state index in [0.29, 0.717) is 11.6 Å². The van der Waals surface area contributed by atoms with Crippen molar-refractivity contribution in [1.29, 1.82) is 0 Å². The fraction of sp³-hybridized carbons (Fsp3) is 0.538. The minimum absolute atomic E-state index is 0.204. The van der Waals surface area contributed by atoms with Crippen LogP contribution >= 0.6 is 11.6 Å². The van der Waals surface area contributed by atoms with Gasteiger partial charge in [0.15, 0.2) is 6.79 Å². The Hall–Kier alpha value is -0.770. The second-order valence-corrected chi connectivity index (χ2v) is 4.15. The van der Waals surface area contributed by atoms with Gasteiger partial charge in [-0.1, -0.05) is 18.5 Å². The fourth-order valence-electron chi connectivity index (χ4n) is 1.59. The quantitative estimate of drug-likeness (QED) is 0.600. The molecule has 1 N–H and O–H groups in total. The lowest BCUT2D eigenvalue weighted by Gasteiger charge is -2.17. The predicted molar refractivity (Wildman–Crippen MR) is 70.7 cm³/mol. The maximum Gasteiger partial charge on any atom is 0.189 e. The van der Waals surface area contributed by atoms with Crippen LogP contribution in [0.25, 0.3) is 0 Å². The molecule has 0 bridgehead atoms. The SMILES string of the molecule is CCNC(C)c1cc(Cl)ccc1OCOCC. The van der Waals surface area contributed by atoms with Gasteiger partial charge in [0.1, 0.15) is 5.75 Å². The van der Waals surface area contributed by atoms with Crippen molar-refractivity contribution in [2.24, 2.45) is 0 Å². The van der Waals surface area contributed by atoms with Crippen molar-refractivity contribution in [2.45, 2.75) is 26.8 Å². The van der Waals surface area contributed by atoms with Crippen molar-refractivity contribution in [2.75, 3.05) is 19.9 Å². The van der Waals surface area contributed by atoms with Gasteiger partial charge in [-0.2, -0.15) is 0 Å². The molecular weight excluding hydrogens is 238 g/mol. The number of benzene rings is 1. The lowest BCUT2D eigenvalue weighted by atomic mass is 10.1. The van der Waals surface area contributed by atoms with Crippen LogP contribution in [0.4, 0.5) is 0 Å². The standard InChI is InChI=1S/C13H20ClNO2/c1-4-15-10(3)12-8-11(14)6-7-13(12)17-9-16-5-2/h6-8,10,15H,4-5,9H2,1-3H3. The molecule has 17 heavy (non-hydrogen) atoms. The van der Waals surface area contributed by atoms with Crippen molar-refractivity contribution in [3.8, 4) is 5.75 Å². The van der Waals surface area contributed by atoms with Gasteiger partial charge in [0.25, 0.3) is 0 Å². The monoisotopic (exact) mass is 257 g/mol. The Morgan fingerprint density at radius 2 is 2.12 bits per heavy atom. The molecule has 96 valence electrons. The molecule has 3 nitrogen and oxygen atoms in total. The molecule has 1 unspecified atom stereocenters. The molecule has 0 aliphatic heterocycles. The van der Waals surface area contributed by atoms with E-state index >= 15 is 0 Å². The largest absolute Gasteiger partial charge is 0.467 e. The Morgan fingerprint density at radius 1 is 1.35 bits per heavy atom. The van der Waals surface area contributed by atoms with E-state index in [1.165, 1.54) is 0 Å². The van der Waals surface area contributed by atoms with Crippen LogP contribution in [0.3, 0.4) is 0 Å². The lowest BCUT2D eigenvalue weighted by molar-refractivity contribution is 0.0216. The van der Waals surface area contributed by atoms with Crippen LogP contribution in [0.15, 0.2) is 18.2 Å². The molecule has 0 aromatic heterocycles. The summed E-state index contributed by atoms with van der Waals surface area (Å²) in [4.78, 5) is 0. The van der Waals surface area contributed by atoms with E-state index in [0.717, 1.165) is 17.9 Å². The molecule has 0 heterocycles. The smallest absolute Gasteiger partial charge is 0.189 e. The number of nitrogens with one attached hydrogen (secondary N) is 1. The van der Waals surface area contributed by atoms with Crippen LogP contribution in [-0.4, -0.2) is 19.9 Å². The summed E-state index contributed by atoms with van der Waals surface area (Å²) in [6.45, 7) is 7.91. The molecule has 1 aromatic carbocycles. The molecule has 0 fully saturated rings. The van der Waals surface area contributed by atoms with Crippen LogP contribution in [0.1, 0.15) is 32.4 Å². The van der Waals surface area contributed by atoms with E-state index in [1.54, 1.807) is 0 Å². The molecule has 0 saturated carbocycles. The van der Waals surface area contributed by atoms with Gasteiger partial charge in [0, 0.05) is 23.2 Å². The van der Waals surface area contributed by atoms with E-state index < -0.39 is 0 Å². The minimum Gasteiger partial charge on any atom is -0.467 e. The maximum atomic E-state index is 6.01. The number of halogens is 1. The van der Waals surface area contributed by atoms with Crippen LogP contribution in [0, 0.1) is 0 Å². The molecule has 0 amide bonds. The van der Waals surface area contributed by atoms with Gasteiger partial charge in [0.05, 0.1) is 0 Å². The van der Waals surface area contributed by atoms with Crippen LogP contribution in [-0.2, 0) is 4.74 Å². The molecule has 0 aliphatic carbocycles. The molecule has 0 spiro atoms. The van der Waals surface area contributed by atoms with Gasteiger partial charge in [-0.25, -0.2) is 0 Å². The summed E-state index contributed by atoms with van der Waals surface area (Å²) in [6.07, 6.45) is 0. The number of hydrogen-bond donors (Lipinski definition) is 1. The number of ether oxygens (including phenoxy) is 2. The third kappa shape index (κ3) is 4.54. The summed E-state index contributed by atoms with van der Waals surface area (Å²) in [5, 5.41) is 4.06. The first kappa shape index (κ1) is 14.3. The highest BCUT2D eigenvalue weighted by Gasteiger charge is 2.11. The Labute approximate surface area is 108 Å². The van der Waals surface area contributed by atoms with Crippen molar-refractivity contribution in [3.05, 3.63) is 28.8 Å². The highest BCUT2D eigenvalue weighted by molar-refractivity contribution is 6.30. The zero-order valence-corrected chi connectivity index (χ0v) is 11.4. The summed E-state index contributed by atoms with van der Waals surface area (Å²) in [5.74, 6) is 0.816. The Balaban J connectivity index is 2.79. The third-order valence-electron chi connectivity index (χ3n) is 2.45. The number of hydrogen-bond acceptors (Lipinski definition) is 3. The van der Waals surface area contributed by atoms with Gasteiger partial charge >= 0.3 is 0 Å². The molecule has 1 aromatic rings. The summed E-state index contributed by atoms with van der Waals surface area (Å²) in [6, 6.07) is 5.83. The minimum atomic E-state index is 0.204. The molecular formula is C13H20ClNO2. The Morgan fingerprint density at radius 3 is 2.76 bits per heavy atom. The molecule has 1 atom stereocenters. The van der Waals surface area contributed by atoms with Gasteiger partial charge < -0.3 is 14.8 Å². The van der Waals surface area contributed by atoms with E-state index in [1.807, 2.05) is 25.1 Å². The van der Waals surface area contributed by atoms with E-state index in [-0.39, 0.29) is 12.8 Å². The zero-order valence-electron chi connectivity index (χ0n) is 10.6. The first-order valence-electron chi connectivity index (χ1n) is 5.92. The number of rotatable bonds is 7. The van der Waals surface area contributed by atoms with Crippen molar-refractivity contribution in [1.82, 2.24) is 5.32 Å². The normalized spacial score (nSPS) is 12.5. The first-order chi connectivity index (χ1) is 8.19. The van der Waals surface area contributed by atoms with Gasteiger partial charge in [-0.3, -0.25) is 0 Å². The van der Waals surface area contributed by atoms with E-state index in [4.69, 9.17) is 21.1 Å². The summed E-state index contributed by atoms with van der Waals surface area (Å²) in [5.41, 5.74) is 1.05. The maximum absolute atomic E-state index is 6.01. The summed E-state index contributed by atoms with van der Waals surface area (Å²) >= 11 is 6.01. The topological polar surface area (TPSA) is 30.5 Å². The average Bonchev–Trinajstić information content (AvgIpc) is 2.31. The van der Waals surface area contributed by atoms with Crippen LogP contribution in [0.2, 0.25) is 5.02 Å². The predicted octanol–water partition coefficient (Wildman–Crippen LogP) is 3.38.